The van der Waals surface area contributed by atoms with Gasteiger partial charge < -0.3 is 25.2 Å². The van der Waals surface area contributed by atoms with Crippen LogP contribution in [0, 0.1) is 0 Å². The molecule has 3 N–H and O–H groups in total. The second-order valence-electron chi connectivity index (χ2n) is 8.34. The van der Waals surface area contributed by atoms with Crippen LogP contribution in [-0.2, 0) is 4.79 Å². The number of carbonyl (C=O) groups excluding carboxylic acids is 4. The van der Waals surface area contributed by atoms with Gasteiger partial charge in [0.15, 0.2) is 0 Å². The summed E-state index contributed by atoms with van der Waals surface area (Å²) >= 11 is 0. The molecule has 0 aromatic heterocycles. The van der Waals surface area contributed by atoms with Crippen molar-refractivity contribution in [2.24, 2.45) is 0 Å². The lowest BCUT2D eigenvalue weighted by Crippen LogP contribution is -2.29. The predicted molar refractivity (Wildman–Crippen MR) is 139 cm³/mol. The number of nitrogens with zero attached hydrogens (tertiary/aromatic N) is 2. The van der Waals surface area contributed by atoms with Gasteiger partial charge in [0.25, 0.3) is 17.7 Å². The molecule has 4 rings (SSSR count). The minimum atomic E-state index is -1.36. The van der Waals surface area contributed by atoms with Crippen molar-refractivity contribution in [2.45, 2.75) is 0 Å². The highest BCUT2D eigenvalue weighted by Crippen LogP contribution is 2.31. The predicted octanol–water partition coefficient (Wildman–Crippen LogP) is 2.85. The Labute approximate surface area is 222 Å². The second-order valence-corrected chi connectivity index (χ2v) is 8.34. The van der Waals surface area contributed by atoms with Gasteiger partial charge in [-0.05, 0) is 48.5 Å². The number of ether oxygens (including phenoxy) is 1. The van der Waals surface area contributed by atoms with E-state index in [0.29, 0.717) is 11.4 Å². The van der Waals surface area contributed by atoms with E-state index >= 15 is 0 Å². The zero-order valence-electron chi connectivity index (χ0n) is 21.0. The van der Waals surface area contributed by atoms with Crippen molar-refractivity contribution in [3.8, 4) is 5.75 Å². The SMILES string of the molecule is CN(C)C=O.COc1cccc(N2C(=O)c3ccc(C(=O)Nc4cc(C(=O)O)cc(C(=O)O)c4)cc3C2=O)c1. The molecule has 39 heavy (non-hydrogen) atoms. The Morgan fingerprint density at radius 2 is 1.44 bits per heavy atom. The Balaban J connectivity index is 0.000000771. The maximum Gasteiger partial charge on any atom is 0.335 e. The van der Waals surface area contributed by atoms with E-state index in [-0.39, 0.29) is 33.5 Å². The highest BCUT2D eigenvalue weighted by atomic mass is 16.5. The van der Waals surface area contributed by atoms with Crippen molar-refractivity contribution in [2.75, 3.05) is 31.4 Å². The molecule has 1 heterocycles. The van der Waals surface area contributed by atoms with E-state index in [1.54, 1.807) is 32.3 Å². The lowest BCUT2D eigenvalue weighted by atomic mass is 10.0. The third-order valence-electron chi connectivity index (χ3n) is 5.36. The van der Waals surface area contributed by atoms with Gasteiger partial charge in [-0.2, -0.15) is 0 Å². The first-order valence-electron chi connectivity index (χ1n) is 11.2. The standard InChI is InChI=1S/C24H16N2O8.C3H7NO/c1-34-17-4-2-3-16(11-17)26-21(28)18-6-5-12(10-19(18)22(26)29)20(27)25-15-8-13(23(30)31)7-14(9-15)24(32)33;1-4(2)3-5/h2-11H,1H3,(H,25,27)(H,30,31)(H,32,33);3H,1-2H3. The molecule has 3 aromatic rings. The van der Waals surface area contributed by atoms with Gasteiger partial charge in [0.05, 0.1) is 35.1 Å². The van der Waals surface area contributed by atoms with E-state index in [4.69, 9.17) is 4.74 Å². The topological polar surface area (TPSA) is 171 Å². The molecule has 0 fully saturated rings. The number of imide groups is 1. The van der Waals surface area contributed by atoms with Crippen LogP contribution in [0.5, 0.6) is 5.75 Å². The highest BCUT2D eigenvalue weighted by molar-refractivity contribution is 6.34. The molecule has 0 saturated carbocycles. The van der Waals surface area contributed by atoms with Gasteiger partial charge in [0.1, 0.15) is 5.75 Å². The van der Waals surface area contributed by atoms with Crippen LogP contribution in [-0.4, -0.2) is 72.4 Å². The monoisotopic (exact) mass is 533 g/mol. The Morgan fingerprint density at radius 1 is 0.846 bits per heavy atom. The average Bonchev–Trinajstić information content (AvgIpc) is 3.17. The van der Waals surface area contributed by atoms with Gasteiger partial charge >= 0.3 is 11.9 Å². The van der Waals surface area contributed by atoms with Gasteiger partial charge in [-0.1, -0.05) is 6.07 Å². The van der Waals surface area contributed by atoms with E-state index in [9.17, 15) is 39.0 Å². The molecule has 3 aromatic carbocycles. The number of nitrogens with one attached hydrogen (secondary N) is 1. The summed E-state index contributed by atoms with van der Waals surface area (Å²) in [6.45, 7) is 0. The number of fused-ring (bicyclic) bond motifs is 1. The molecule has 0 aliphatic carbocycles. The van der Waals surface area contributed by atoms with Gasteiger partial charge in [-0.3, -0.25) is 19.2 Å². The Hall–Kier alpha value is -5.52. The van der Waals surface area contributed by atoms with Gasteiger partial charge in [0, 0.05) is 31.4 Å². The first-order valence-corrected chi connectivity index (χ1v) is 11.2. The Kier molecular flexibility index (Phi) is 8.41. The van der Waals surface area contributed by atoms with Crippen LogP contribution in [0.4, 0.5) is 11.4 Å². The number of rotatable bonds is 7. The van der Waals surface area contributed by atoms with Crippen molar-refractivity contribution >= 4 is 47.4 Å². The van der Waals surface area contributed by atoms with Crippen molar-refractivity contribution < 1.29 is 43.7 Å². The fourth-order valence-corrected chi connectivity index (χ4v) is 3.52. The fourth-order valence-electron chi connectivity index (χ4n) is 3.52. The summed E-state index contributed by atoms with van der Waals surface area (Å²) in [6, 6.07) is 13.5. The third kappa shape index (κ3) is 6.25. The fraction of sp³-hybridized carbons (Fsp3) is 0.111. The quantitative estimate of drug-likeness (QED) is 0.305. The van der Waals surface area contributed by atoms with Crippen LogP contribution >= 0.6 is 0 Å². The van der Waals surface area contributed by atoms with Gasteiger partial charge in [-0.25, -0.2) is 14.5 Å². The number of hydrogen-bond donors (Lipinski definition) is 3. The minimum Gasteiger partial charge on any atom is -0.497 e. The molecular formula is C27H23N3O9. The largest absolute Gasteiger partial charge is 0.497 e. The summed E-state index contributed by atoms with van der Waals surface area (Å²) in [7, 11) is 4.83. The normalized spacial score (nSPS) is 11.6. The molecule has 0 atom stereocenters. The van der Waals surface area contributed by atoms with Gasteiger partial charge in [0.2, 0.25) is 6.41 Å². The first-order chi connectivity index (χ1) is 18.5. The van der Waals surface area contributed by atoms with Crippen molar-refractivity contribution in [3.63, 3.8) is 0 Å². The lowest BCUT2D eigenvalue weighted by Gasteiger charge is -2.14. The zero-order chi connectivity index (χ0) is 28.9. The van der Waals surface area contributed by atoms with E-state index in [2.05, 4.69) is 5.32 Å². The van der Waals surface area contributed by atoms with Crippen LogP contribution < -0.4 is 15.0 Å². The number of benzene rings is 3. The molecule has 0 spiro atoms. The summed E-state index contributed by atoms with van der Waals surface area (Å²) in [5.41, 5.74) is -0.231. The molecular weight excluding hydrogens is 510 g/mol. The van der Waals surface area contributed by atoms with E-state index in [1.807, 2.05) is 0 Å². The molecule has 1 aliphatic rings. The number of hydrogen-bond acceptors (Lipinski definition) is 7. The number of carboxylic acids is 2. The van der Waals surface area contributed by atoms with Crippen LogP contribution in [0.1, 0.15) is 51.8 Å². The maximum atomic E-state index is 13.0. The van der Waals surface area contributed by atoms with E-state index < -0.39 is 29.7 Å². The number of aromatic carboxylic acids is 2. The number of anilines is 2. The van der Waals surface area contributed by atoms with Gasteiger partial charge in [-0.15, -0.1) is 0 Å². The molecule has 0 radical (unpaired) electrons. The lowest BCUT2D eigenvalue weighted by molar-refractivity contribution is -0.115. The number of carbonyl (C=O) groups is 6. The summed E-state index contributed by atoms with van der Waals surface area (Å²) in [5.74, 6) is -4.17. The summed E-state index contributed by atoms with van der Waals surface area (Å²) in [5, 5.41) is 20.8. The first kappa shape index (κ1) is 28.1. The summed E-state index contributed by atoms with van der Waals surface area (Å²) < 4.78 is 5.14. The smallest absolute Gasteiger partial charge is 0.335 e. The second kappa shape index (κ2) is 11.7. The molecule has 12 nitrogen and oxygen atoms in total. The molecule has 0 bridgehead atoms. The molecule has 4 amide bonds. The molecule has 0 unspecified atom stereocenters. The van der Waals surface area contributed by atoms with E-state index in [0.717, 1.165) is 29.5 Å². The Bertz CT molecular complexity index is 1470. The van der Waals surface area contributed by atoms with Crippen LogP contribution in [0.3, 0.4) is 0 Å². The van der Waals surface area contributed by atoms with Crippen LogP contribution in [0.15, 0.2) is 60.7 Å². The Morgan fingerprint density at radius 3 is 1.97 bits per heavy atom. The van der Waals surface area contributed by atoms with Crippen molar-refractivity contribution in [1.82, 2.24) is 4.90 Å². The zero-order valence-corrected chi connectivity index (χ0v) is 21.0. The highest BCUT2D eigenvalue weighted by Gasteiger charge is 2.37. The van der Waals surface area contributed by atoms with Crippen LogP contribution in [0.25, 0.3) is 0 Å². The number of amides is 4. The number of methoxy groups -OCH3 is 1. The average molecular weight is 533 g/mol. The van der Waals surface area contributed by atoms with E-state index in [1.165, 1.54) is 36.3 Å². The van der Waals surface area contributed by atoms with Crippen molar-refractivity contribution in [3.05, 3.63) is 88.5 Å². The molecule has 1 aliphatic heterocycles. The summed E-state index contributed by atoms with van der Waals surface area (Å²) in [6.07, 6.45) is 0.750. The third-order valence-corrected chi connectivity index (χ3v) is 5.36. The molecule has 12 heteroatoms. The molecule has 200 valence electrons. The van der Waals surface area contributed by atoms with Crippen LogP contribution in [0.2, 0.25) is 0 Å². The van der Waals surface area contributed by atoms with Crippen molar-refractivity contribution in [1.29, 1.82) is 0 Å². The summed E-state index contributed by atoms with van der Waals surface area (Å²) in [4.78, 5) is 73.0. The maximum absolute atomic E-state index is 13.0. The molecule has 0 saturated heterocycles. The number of carboxylic acid groups (broad SMARTS) is 2. The minimum absolute atomic E-state index is 0.0185.